The smallest absolute Gasteiger partial charge is 0.422 e. The fraction of sp³-hybridized carbons (Fsp3) is 0.500. The summed E-state index contributed by atoms with van der Waals surface area (Å²) in [5.41, 5.74) is -0.626. The Balaban J connectivity index is 3.80. The molecule has 0 aliphatic carbocycles. The van der Waals surface area contributed by atoms with Gasteiger partial charge in [-0.3, -0.25) is 0 Å². The summed E-state index contributed by atoms with van der Waals surface area (Å²) in [6, 6.07) is 0. The standard InChI is InChI=1S/C6H6F4O2/c1-4(2-7)5(11)12-3-6(8,9)10/h1-3H2. The van der Waals surface area contributed by atoms with Crippen molar-refractivity contribution in [3.63, 3.8) is 0 Å². The van der Waals surface area contributed by atoms with Crippen LogP contribution in [0, 0.1) is 0 Å². The molecule has 0 atom stereocenters. The van der Waals surface area contributed by atoms with Gasteiger partial charge in [0, 0.05) is 0 Å². The lowest BCUT2D eigenvalue weighted by molar-refractivity contribution is -0.183. The summed E-state index contributed by atoms with van der Waals surface area (Å²) >= 11 is 0. The van der Waals surface area contributed by atoms with Crippen LogP contribution in [0.4, 0.5) is 17.6 Å². The first-order valence-electron chi connectivity index (χ1n) is 2.84. The number of rotatable bonds is 3. The van der Waals surface area contributed by atoms with Crippen LogP contribution < -0.4 is 0 Å². The Morgan fingerprint density at radius 2 is 1.92 bits per heavy atom. The molecule has 0 rings (SSSR count). The van der Waals surface area contributed by atoms with E-state index in [0.29, 0.717) is 0 Å². The number of ether oxygens (including phenoxy) is 1. The van der Waals surface area contributed by atoms with Crippen molar-refractivity contribution in [1.29, 1.82) is 0 Å². The molecular formula is C6H6F4O2. The minimum Gasteiger partial charge on any atom is -0.453 e. The highest BCUT2D eigenvalue weighted by molar-refractivity contribution is 5.87. The normalized spacial score (nSPS) is 11.0. The van der Waals surface area contributed by atoms with Crippen LogP contribution in [0.1, 0.15) is 0 Å². The molecule has 0 saturated carbocycles. The summed E-state index contributed by atoms with van der Waals surface area (Å²) in [6.07, 6.45) is -4.59. The summed E-state index contributed by atoms with van der Waals surface area (Å²) in [5.74, 6) is -1.37. The molecule has 0 heterocycles. The molecule has 0 bridgehead atoms. The first-order chi connectivity index (χ1) is 5.37. The maximum atomic E-state index is 11.6. The highest BCUT2D eigenvalue weighted by Crippen LogP contribution is 2.15. The van der Waals surface area contributed by atoms with E-state index in [1.807, 2.05) is 0 Å². The van der Waals surface area contributed by atoms with Crippen molar-refractivity contribution < 1.29 is 27.1 Å². The zero-order valence-electron chi connectivity index (χ0n) is 5.95. The van der Waals surface area contributed by atoms with Crippen LogP contribution in [0.25, 0.3) is 0 Å². The van der Waals surface area contributed by atoms with Gasteiger partial charge in [0.25, 0.3) is 0 Å². The van der Waals surface area contributed by atoms with Crippen LogP contribution in [0.2, 0.25) is 0 Å². The maximum absolute atomic E-state index is 11.6. The van der Waals surface area contributed by atoms with Crippen LogP contribution in [0.3, 0.4) is 0 Å². The molecule has 0 unspecified atom stereocenters. The second-order valence-corrected chi connectivity index (χ2v) is 1.93. The molecule has 0 saturated heterocycles. The van der Waals surface area contributed by atoms with Crippen molar-refractivity contribution in [3.8, 4) is 0 Å². The topological polar surface area (TPSA) is 26.3 Å². The van der Waals surface area contributed by atoms with Crippen molar-refractivity contribution in [2.45, 2.75) is 6.18 Å². The van der Waals surface area contributed by atoms with Gasteiger partial charge in [0.2, 0.25) is 0 Å². The third kappa shape index (κ3) is 4.70. The minimum absolute atomic E-state index is 0.626. The van der Waals surface area contributed by atoms with Crippen LogP contribution >= 0.6 is 0 Å². The molecule has 0 N–H and O–H groups in total. The number of hydrogen-bond donors (Lipinski definition) is 0. The van der Waals surface area contributed by atoms with E-state index in [4.69, 9.17) is 0 Å². The van der Waals surface area contributed by atoms with Gasteiger partial charge in [0.05, 0.1) is 5.57 Å². The van der Waals surface area contributed by atoms with Crippen molar-refractivity contribution >= 4 is 5.97 Å². The van der Waals surface area contributed by atoms with Crippen molar-refractivity contribution in [3.05, 3.63) is 12.2 Å². The minimum atomic E-state index is -4.59. The zero-order valence-corrected chi connectivity index (χ0v) is 5.95. The molecule has 70 valence electrons. The molecule has 0 aliphatic heterocycles. The van der Waals surface area contributed by atoms with Gasteiger partial charge in [0.1, 0.15) is 6.67 Å². The van der Waals surface area contributed by atoms with Crippen LogP contribution in [-0.4, -0.2) is 25.4 Å². The number of carbonyl (C=O) groups is 1. The lowest BCUT2D eigenvalue weighted by atomic mass is 10.3. The first-order valence-corrected chi connectivity index (χ1v) is 2.84. The van der Waals surface area contributed by atoms with Gasteiger partial charge in [0.15, 0.2) is 6.61 Å². The van der Waals surface area contributed by atoms with Crippen molar-refractivity contribution in [2.75, 3.05) is 13.3 Å². The molecule has 0 aromatic rings. The van der Waals surface area contributed by atoms with E-state index in [0.717, 1.165) is 0 Å². The van der Waals surface area contributed by atoms with Crippen molar-refractivity contribution in [2.24, 2.45) is 0 Å². The van der Waals surface area contributed by atoms with Gasteiger partial charge < -0.3 is 4.74 Å². The maximum Gasteiger partial charge on any atom is 0.422 e. The Labute approximate surface area is 65.8 Å². The molecule has 0 fully saturated rings. The van der Waals surface area contributed by atoms with Crippen LogP contribution in [-0.2, 0) is 9.53 Å². The summed E-state index contributed by atoms with van der Waals surface area (Å²) in [7, 11) is 0. The quantitative estimate of drug-likeness (QED) is 0.380. The predicted octanol–water partition coefficient (Wildman–Crippen LogP) is 1.62. The number of halogens is 4. The summed E-state index contributed by atoms with van der Waals surface area (Å²) < 4.78 is 49.4. The highest BCUT2D eigenvalue weighted by Gasteiger charge is 2.29. The van der Waals surface area contributed by atoms with Gasteiger partial charge in [-0.15, -0.1) is 0 Å². The number of hydrogen-bond acceptors (Lipinski definition) is 2. The molecule has 0 aromatic heterocycles. The van der Waals surface area contributed by atoms with Gasteiger partial charge in [-0.2, -0.15) is 13.2 Å². The van der Waals surface area contributed by atoms with Gasteiger partial charge in [-0.05, 0) is 0 Å². The Morgan fingerprint density at radius 1 is 1.42 bits per heavy atom. The molecule has 0 spiro atoms. The largest absolute Gasteiger partial charge is 0.453 e. The second kappa shape index (κ2) is 4.08. The van der Waals surface area contributed by atoms with E-state index in [9.17, 15) is 22.4 Å². The van der Waals surface area contributed by atoms with Crippen LogP contribution in [0.15, 0.2) is 12.2 Å². The second-order valence-electron chi connectivity index (χ2n) is 1.93. The number of carbonyl (C=O) groups excluding carboxylic acids is 1. The summed E-state index contributed by atoms with van der Waals surface area (Å²) in [4.78, 5) is 10.4. The molecule has 6 heteroatoms. The third-order valence-electron chi connectivity index (χ3n) is 0.817. The molecular weight excluding hydrogens is 180 g/mol. The number of alkyl halides is 4. The Kier molecular flexibility index (Phi) is 3.72. The molecule has 0 amide bonds. The lowest BCUT2D eigenvalue weighted by Gasteiger charge is -2.07. The Hall–Kier alpha value is -1.07. The van der Waals surface area contributed by atoms with Crippen LogP contribution in [0.5, 0.6) is 0 Å². The Morgan fingerprint density at radius 3 is 2.25 bits per heavy atom. The third-order valence-corrected chi connectivity index (χ3v) is 0.817. The summed E-state index contributed by atoms with van der Waals surface area (Å²) in [6.45, 7) is -0.0721. The average molecular weight is 186 g/mol. The zero-order chi connectivity index (χ0) is 9.78. The summed E-state index contributed by atoms with van der Waals surface area (Å²) in [5, 5.41) is 0. The number of esters is 1. The van der Waals surface area contributed by atoms with E-state index in [-0.39, 0.29) is 0 Å². The molecule has 2 nitrogen and oxygen atoms in total. The average Bonchev–Trinajstić information content (AvgIpc) is 1.97. The molecule has 0 aliphatic rings. The van der Waals surface area contributed by atoms with E-state index >= 15 is 0 Å². The fourth-order valence-corrected chi connectivity index (χ4v) is 0.304. The van der Waals surface area contributed by atoms with Gasteiger partial charge >= 0.3 is 12.1 Å². The van der Waals surface area contributed by atoms with E-state index in [1.165, 1.54) is 0 Å². The highest BCUT2D eigenvalue weighted by atomic mass is 19.4. The van der Waals surface area contributed by atoms with E-state index in [1.54, 1.807) is 0 Å². The van der Waals surface area contributed by atoms with E-state index < -0.39 is 31.0 Å². The fourth-order valence-electron chi connectivity index (χ4n) is 0.304. The van der Waals surface area contributed by atoms with Gasteiger partial charge in [-0.1, -0.05) is 6.58 Å². The molecule has 12 heavy (non-hydrogen) atoms. The first kappa shape index (κ1) is 10.9. The van der Waals surface area contributed by atoms with Crippen molar-refractivity contribution in [1.82, 2.24) is 0 Å². The van der Waals surface area contributed by atoms with E-state index in [2.05, 4.69) is 11.3 Å². The molecule has 0 aromatic carbocycles. The SMILES string of the molecule is C=C(CF)C(=O)OCC(F)(F)F. The molecule has 0 radical (unpaired) electrons. The van der Waals surface area contributed by atoms with Gasteiger partial charge in [-0.25, -0.2) is 9.18 Å². The Bertz CT molecular complexity index is 184. The lowest BCUT2D eigenvalue weighted by Crippen LogP contribution is -2.21. The monoisotopic (exact) mass is 186 g/mol. The predicted molar refractivity (Wildman–Crippen MR) is 32.1 cm³/mol.